The van der Waals surface area contributed by atoms with Gasteiger partial charge in [-0.15, -0.1) is 0 Å². The third-order valence-corrected chi connectivity index (χ3v) is 8.89. The summed E-state index contributed by atoms with van der Waals surface area (Å²) < 4.78 is 0. The fourth-order valence-electron chi connectivity index (χ4n) is 5.67. The molecule has 11 heteroatoms. The minimum absolute atomic E-state index is 0.232. The van der Waals surface area contributed by atoms with Gasteiger partial charge in [-0.05, 0) is 214 Å². The molecule has 0 aromatic carbocycles. The summed E-state index contributed by atoms with van der Waals surface area (Å²) in [5.74, 6) is 0. The molecule has 0 aliphatic heterocycles. The van der Waals surface area contributed by atoms with Crippen LogP contribution in [0.4, 0.5) is 0 Å². The first-order valence-electron chi connectivity index (χ1n) is 21.7. The Morgan fingerprint density at radius 1 is 0.275 bits per heavy atom. The van der Waals surface area contributed by atoms with Crippen molar-refractivity contribution in [3.05, 3.63) is 12.2 Å². The lowest BCUT2D eigenvalue weighted by Crippen LogP contribution is -2.23. The fourth-order valence-corrected chi connectivity index (χ4v) is 5.67. The molecule has 11 N–H and O–H groups in total. The summed E-state index contributed by atoms with van der Waals surface area (Å²) in [7, 11) is 0. The van der Waals surface area contributed by atoms with E-state index in [2.05, 4.69) is 72.2 Å². The van der Waals surface area contributed by atoms with Gasteiger partial charge in [0.15, 0.2) is 0 Å². The number of aliphatic hydroxyl groups excluding tert-OH is 1. The Morgan fingerprint density at radius 2 is 0.471 bits per heavy atom. The molecule has 0 aliphatic carbocycles. The number of aliphatic hydroxyl groups is 1. The van der Waals surface area contributed by atoms with Gasteiger partial charge in [-0.1, -0.05) is 19.1 Å². The van der Waals surface area contributed by atoms with Crippen LogP contribution in [0.1, 0.15) is 110 Å². The zero-order valence-corrected chi connectivity index (χ0v) is 33.8. The second-order valence-electron chi connectivity index (χ2n) is 13.9. The predicted octanol–water partition coefficient (Wildman–Crippen LogP) is 2.69. The minimum atomic E-state index is 0.232. The Bertz CT molecular complexity index is 632. The lowest BCUT2D eigenvalue weighted by atomic mass is 10.2. The number of nitrogens with one attached hydrogen (secondary N) is 10. The molecule has 11 nitrogen and oxygen atoms in total. The van der Waals surface area contributed by atoms with E-state index in [1.807, 2.05) is 0 Å². The summed E-state index contributed by atoms with van der Waals surface area (Å²) in [5, 5.41) is 43.9. The van der Waals surface area contributed by atoms with Crippen molar-refractivity contribution >= 4 is 0 Å². The molecule has 0 fully saturated rings. The highest BCUT2D eigenvalue weighted by Crippen LogP contribution is 1.92. The van der Waals surface area contributed by atoms with Gasteiger partial charge in [0.1, 0.15) is 0 Å². The molecule has 0 heterocycles. The van der Waals surface area contributed by atoms with Crippen LogP contribution < -0.4 is 53.2 Å². The summed E-state index contributed by atoms with van der Waals surface area (Å²) in [6.07, 6.45) is 24.5. The van der Waals surface area contributed by atoms with Crippen LogP contribution in [0.25, 0.3) is 0 Å². The van der Waals surface area contributed by atoms with Crippen molar-refractivity contribution < 1.29 is 5.11 Å². The highest BCUT2D eigenvalue weighted by atomic mass is 16.3. The SMILES string of the molecule is CCNCCCCNCCCCNCCCCNCCCCNC/C=C\CNCCCCNCCCCNCCCCNCCCCNCCO. The molecule has 0 aromatic rings. The van der Waals surface area contributed by atoms with Crippen LogP contribution >= 0.6 is 0 Å². The standard InChI is InChI=1S/C40H90N10O/c1-2-41-21-3-4-22-42-23-5-6-24-43-25-7-8-26-44-27-9-10-28-45-29-11-12-30-46-31-13-14-32-47-33-15-16-34-48-35-17-18-36-49-37-19-20-38-50-39-40-51/h11-12,41-51H,2-10,13-40H2,1H3/b12-11-. The smallest absolute Gasteiger partial charge is 0.0555 e. The topological polar surface area (TPSA) is 141 Å². The maximum absolute atomic E-state index is 8.73. The van der Waals surface area contributed by atoms with Gasteiger partial charge in [-0.3, -0.25) is 0 Å². The predicted molar refractivity (Wildman–Crippen MR) is 224 cm³/mol. The number of unbranched alkanes of at least 4 members (excludes halogenated alkanes) is 8. The van der Waals surface area contributed by atoms with Crippen LogP contribution in [-0.4, -0.2) is 143 Å². The largest absolute Gasteiger partial charge is 0.395 e. The van der Waals surface area contributed by atoms with E-state index in [1.54, 1.807) is 0 Å². The van der Waals surface area contributed by atoms with E-state index < -0.39 is 0 Å². The van der Waals surface area contributed by atoms with Crippen molar-refractivity contribution in [2.45, 2.75) is 110 Å². The van der Waals surface area contributed by atoms with E-state index in [0.29, 0.717) is 6.54 Å². The van der Waals surface area contributed by atoms with Crippen molar-refractivity contribution in [1.82, 2.24) is 53.2 Å². The average molecular weight is 727 g/mol. The van der Waals surface area contributed by atoms with Crippen molar-refractivity contribution in [3.8, 4) is 0 Å². The summed E-state index contributed by atoms with van der Waals surface area (Å²) in [6, 6.07) is 0. The summed E-state index contributed by atoms with van der Waals surface area (Å²) in [4.78, 5) is 0. The van der Waals surface area contributed by atoms with E-state index in [0.717, 1.165) is 124 Å². The second-order valence-corrected chi connectivity index (χ2v) is 13.9. The molecule has 306 valence electrons. The minimum Gasteiger partial charge on any atom is -0.395 e. The normalized spacial score (nSPS) is 11.8. The second kappa shape index (κ2) is 49.3. The van der Waals surface area contributed by atoms with Crippen LogP contribution in [0.5, 0.6) is 0 Å². The third-order valence-electron chi connectivity index (χ3n) is 8.89. The molecule has 0 amide bonds. The van der Waals surface area contributed by atoms with Crippen LogP contribution in [0.15, 0.2) is 12.2 Å². The Labute approximate surface area is 317 Å². The zero-order valence-electron chi connectivity index (χ0n) is 33.8. The molecule has 0 saturated heterocycles. The molecule has 0 atom stereocenters. The van der Waals surface area contributed by atoms with E-state index in [9.17, 15) is 0 Å². The lowest BCUT2D eigenvalue weighted by Gasteiger charge is -2.08. The van der Waals surface area contributed by atoms with E-state index >= 15 is 0 Å². The molecule has 0 bridgehead atoms. The maximum Gasteiger partial charge on any atom is 0.0555 e. The summed E-state index contributed by atoms with van der Waals surface area (Å²) in [6.45, 7) is 24.1. The number of rotatable bonds is 47. The highest BCUT2D eigenvalue weighted by molar-refractivity contribution is 4.85. The maximum atomic E-state index is 8.73. The van der Waals surface area contributed by atoms with Crippen molar-refractivity contribution in [2.24, 2.45) is 0 Å². The van der Waals surface area contributed by atoms with Gasteiger partial charge < -0.3 is 58.3 Å². The van der Waals surface area contributed by atoms with Crippen LogP contribution in [-0.2, 0) is 0 Å². The Balaban J connectivity index is 3.09. The van der Waals surface area contributed by atoms with Gasteiger partial charge in [0.2, 0.25) is 0 Å². The fraction of sp³-hybridized carbons (Fsp3) is 0.950. The molecular weight excluding hydrogens is 637 g/mol. The van der Waals surface area contributed by atoms with Crippen LogP contribution in [0.2, 0.25) is 0 Å². The lowest BCUT2D eigenvalue weighted by molar-refractivity contribution is 0.292. The first-order chi connectivity index (χ1) is 25.4. The molecule has 51 heavy (non-hydrogen) atoms. The van der Waals surface area contributed by atoms with Crippen molar-refractivity contribution in [3.63, 3.8) is 0 Å². The van der Waals surface area contributed by atoms with Gasteiger partial charge >= 0.3 is 0 Å². The molecule has 0 unspecified atom stereocenters. The summed E-state index contributed by atoms with van der Waals surface area (Å²) >= 11 is 0. The number of hydrogen-bond donors (Lipinski definition) is 11. The molecule has 0 radical (unpaired) electrons. The van der Waals surface area contributed by atoms with E-state index in [1.165, 1.54) is 103 Å². The molecule has 0 aromatic heterocycles. The van der Waals surface area contributed by atoms with Gasteiger partial charge in [0, 0.05) is 19.6 Å². The molecule has 0 saturated carbocycles. The Morgan fingerprint density at radius 3 is 0.686 bits per heavy atom. The van der Waals surface area contributed by atoms with Crippen LogP contribution in [0, 0.1) is 0 Å². The third kappa shape index (κ3) is 49.3. The van der Waals surface area contributed by atoms with Crippen molar-refractivity contribution in [2.75, 3.05) is 138 Å². The molecular formula is C40H90N10O. The van der Waals surface area contributed by atoms with Gasteiger partial charge in [0.05, 0.1) is 6.61 Å². The number of hydrogen-bond acceptors (Lipinski definition) is 11. The monoisotopic (exact) mass is 727 g/mol. The first kappa shape index (κ1) is 50.3. The molecule has 0 rings (SSSR count). The molecule has 0 aliphatic rings. The van der Waals surface area contributed by atoms with Gasteiger partial charge in [0.25, 0.3) is 0 Å². The highest BCUT2D eigenvalue weighted by Gasteiger charge is 1.96. The summed E-state index contributed by atoms with van der Waals surface area (Å²) in [5.41, 5.74) is 0. The van der Waals surface area contributed by atoms with E-state index in [4.69, 9.17) is 5.11 Å². The van der Waals surface area contributed by atoms with Crippen molar-refractivity contribution in [1.29, 1.82) is 0 Å². The Hall–Kier alpha value is -0.700. The van der Waals surface area contributed by atoms with E-state index in [-0.39, 0.29) is 6.61 Å². The van der Waals surface area contributed by atoms with Gasteiger partial charge in [-0.25, -0.2) is 0 Å². The Kier molecular flexibility index (Phi) is 48.6. The first-order valence-corrected chi connectivity index (χ1v) is 21.7. The average Bonchev–Trinajstić information content (AvgIpc) is 3.14. The molecule has 0 spiro atoms. The van der Waals surface area contributed by atoms with Crippen LogP contribution in [0.3, 0.4) is 0 Å². The quantitative estimate of drug-likeness (QED) is 0.0334. The van der Waals surface area contributed by atoms with Gasteiger partial charge in [-0.2, -0.15) is 0 Å². The zero-order chi connectivity index (χ0) is 36.6.